The summed E-state index contributed by atoms with van der Waals surface area (Å²) in [6.07, 6.45) is 11.7. The molecule has 3 aromatic carbocycles. The second-order valence-electron chi connectivity index (χ2n) is 11.8. The van der Waals surface area contributed by atoms with E-state index in [4.69, 9.17) is 17.0 Å². The molecule has 0 fully saturated rings. The summed E-state index contributed by atoms with van der Waals surface area (Å²) in [6.45, 7) is 11.7. The molecule has 2 aliphatic rings. The van der Waals surface area contributed by atoms with Crippen LogP contribution >= 0.6 is 17.0 Å². The molecule has 0 saturated heterocycles. The topological polar surface area (TPSA) is 0 Å². The zero-order chi connectivity index (χ0) is 27.1. The fraction of sp³-hybridized carbons (Fsp3) is 0.353. The van der Waals surface area contributed by atoms with Gasteiger partial charge in [0.15, 0.2) is 0 Å². The Labute approximate surface area is 239 Å². The van der Waals surface area contributed by atoms with Crippen molar-refractivity contribution in [1.82, 2.24) is 0 Å². The number of unbranched alkanes of at least 4 members (excludes halogenated alkanes) is 1. The summed E-state index contributed by atoms with van der Waals surface area (Å²) in [5.74, 6) is -0.895. The van der Waals surface area contributed by atoms with Gasteiger partial charge in [0, 0.05) is 0 Å². The molecule has 4 heteroatoms. The Bertz CT molecular complexity index is 1390. The van der Waals surface area contributed by atoms with Gasteiger partial charge in [-0.05, 0) is 0 Å². The second kappa shape index (κ2) is 11.0. The Kier molecular flexibility index (Phi) is 8.21. The molecule has 2 aliphatic carbocycles. The summed E-state index contributed by atoms with van der Waals surface area (Å²) >= 11 is -4.52. The molecule has 0 bridgehead atoms. The molecule has 0 aliphatic heterocycles. The third-order valence-electron chi connectivity index (χ3n) is 9.42. The van der Waals surface area contributed by atoms with Gasteiger partial charge in [0.1, 0.15) is 0 Å². The van der Waals surface area contributed by atoms with E-state index < -0.39 is 21.5 Å². The van der Waals surface area contributed by atoms with Crippen molar-refractivity contribution in [3.63, 3.8) is 0 Å². The van der Waals surface area contributed by atoms with Gasteiger partial charge in [-0.2, -0.15) is 0 Å². The number of hydrogen-bond acceptors (Lipinski definition) is 0. The van der Waals surface area contributed by atoms with E-state index >= 15 is 0 Å². The van der Waals surface area contributed by atoms with Gasteiger partial charge in [0.2, 0.25) is 0 Å². The summed E-state index contributed by atoms with van der Waals surface area (Å²) in [4.78, 5) is 0. The van der Waals surface area contributed by atoms with Crippen LogP contribution in [-0.4, -0.2) is 5.92 Å². The molecule has 0 amide bonds. The fourth-order valence-corrected chi connectivity index (χ4v) is 36.3. The van der Waals surface area contributed by atoms with Crippen LogP contribution in [0.1, 0.15) is 87.4 Å². The van der Waals surface area contributed by atoms with Gasteiger partial charge in [-0.1, -0.05) is 0 Å². The van der Waals surface area contributed by atoms with E-state index in [9.17, 15) is 0 Å². The first-order valence-electron chi connectivity index (χ1n) is 14.5. The minimum atomic E-state index is -4.52. The first-order chi connectivity index (χ1) is 18.2. The molecule has 0 heterocycles. The molecule has 38 heavy (non-hydrogen) atoms. The Hall–Kier alpha value is -1.18. The van der Waals surface area contributed by atoms with Crippen molar-refractivity contribution in [2.45, 2.75) is 72.7 Å². The van der Waals surface area contributed by atoms with Gasteiger partial charge in [-0.25, -0.2) is 0 Å². The molecule has 5 rings (SSSR count). The fourth-order valence-electron chi connectivity index (χ4n) is 6.79. The van der Waals surface area contributed by atoms with E-state index in [2.05, 4.69) is 119 Å². The molecule has 3 aromatic rings. The Balaban J connectivity index is 1.68. The van der Waals surface area contributed by atoms with Crippen molar-refractivity contribution >= 4 is 35.1 Å². The number of halogens is 2. The van der Waals surface area contributed by atoms with Crippen molar-refractivity contribution in [2.24, 2.45) is 0 Å². The average molecular weight is 640 g/mol. The van der Waals surface area contributed by atoms with Crippen LogP contribution in [0.2, 0.25) is 13.1 Å². The predicted molar refractivity (Wildman–Crippen MR) is 170 cm³/mol. The minimum absolute atomic E-state index is 0.169. The molecular weight excluding hydrogens is 599 g/mol. The van der Waals surface area contributed by atoms with Gasteiger partial charge in [0.25, 0.3) is 0 Å². The van der Waals surface area contributed by atoms with Crippen molar-refractivity contribution < 1.29 is 15.6 Å². The zero-order valence-electron chi connectivity index (χ0n) is 23.5. The van der Waals surface area contributed by atoms with E-state index in [0.717, 1.165) is 12.8 Å². The zero-order valence-corrected chi connectivity index (χ0v) is 28.6. The molecule has 0 spiro atoms. The van der Waals surface area contributed by atoms with Gasteiger partial charge in [0.05, 0.1) is 0 Å². The Morgan fingerprint density at radius 1 is 0.895 bits per heavy atom. The van der Waals surface area contributed by atoms with Crippen molar-refractivity contribution in [3.8, 4) is 11.1 Å². The monoisotopic (exact) mass is 637 g/mol. The standard InChI is InChI=1S/C23H27.C9H7.C2H7Si.2ClH.Zr/c1-4-6-8-18-15-21-9-7-10-22(23(21)16-18)20-13-11-19(12-14-20)17(3)5-2;1-2-5-9-7-3-6-8(9)4-1;1-3-2;;;/h7,9-17H,4-6,8H2,1-3H3;1-7H;3H,1-2H3;2*1H;/q;;;;;+2/p-2. The molecule has 3 unspecified atom stereocenters. The molecule has 199 valence electrons. The van der Waals surface area contributed by atoms with Gasteiger partial charge in [-0.3, -0.25) is 0 Å². The molecule has 0 nitrogen and oxygen atoms in total. The van der Waals surface area contributed by atoms with Crippen LogP contribution < -0.4 is 0 Å². The van der Waals surface area contributed by atoms with Crippen LogP contribution in [0.25, 0.3) is 23.3 Å². The van der Waals surface area contributed by atoms with E-state index in [1.165, 1.54) is 57.4 Å². The van der Waals surface area contributed by atoms with Crippen LogP contribution in [0.4, 0.5) is 0 Å². The molecule has 0 N–H and O–H groups in total. The van der Waals surface area contributed by atoms with Crippen molar-refractivity contribution in [1.29, 1.82) is 0 Å². The number of rotatable bonds is 9. The second-order valence-corrected chi connectivity index (χ2v) is 54.5. The summed E-state index contributed by atoms with van der Waals surface area (Å²) in [5, 5.41) is 0. The molecule has 0 saturated carbocycles. The van der Waals surface area contributed by atoms with Crippen LogP contribution in [-0.2, 0) is 15.6 Å². The van der Waals surface area contributed by atoms with Crippen LogP contribution in [0.5, 0.6) is 0 Å². The SMILES string of the molecule is CCCCC1=Cc2c(-c3ccc(C(C)CC)cc3)cccc2[CH]1[Zr]([Cl])([Cl])([CH]1C=Cc2ccccc21)[SiH](C)C. The van der Waals surface area contributed by atoms with Gasteiger partial charge >= 0.3 is 241 Å². The van der Waals surface area contributed by atoms with E-state index in [0.29, 0.717) is 5.92 Å². The van der Waals surface area contributed by atoms with E-state index in [-0.39, 0.29) is 7.25 Å². The summed E-state index contributed by atoms with van der Waals surface area (Å²) in [6, 6.07) is 24.9. The number of fused-ring (bicyclic) bond motifs is 2. The van der Waals surface area contributed by atoms with Crippen molar-refractivity contribution in [2.75, 3.05) is 0 Å². The molecular formula is C34H41Cl2SiZr. The Morgan fingerprint density at radius 3 is 2.29 bits per heavy atom. The normalized spacial score (nSPS) is 20.1. The number of allylic oxidation sites excluding steroid dienone is 2. The van der Waals surface area contributed by atoms with Gasteiger partial charge in [-0.15, -0.1) is 0 Å². The van der Waals surface area contributed by atoms with Crippen LogP contribution in [0.3, 0.4) is 0 Å². The third-order valence-corrected chi connectivity index (χ3v) is 61.4. The maximum absolute atomic E-state index is 8.29. The van der Waals surface area contributed by atoms with E-state index in [1.807, 2.05) is 0 Å². The van der Waals surface area contributed by atoms with E-state index in [1.54, 1.807) is 0 Å². The summed E-state index contributed by atoms with van der Waals surface area (Å²) < 4.78 is 0.343. The molecule has 0 aromatic heterocycles. The maximum atomic E-state index is 8.29. The average Bonchev–Trinajstić information content (AvgIpc) is 3.54. The molecule has 0 radical (unpaired) electrons. The van der Waals surface area contributed by atoms with Crippen molar-refractivity contribution in [3.05, 3.63) is 106 Å². The summed E-state index contributed by atoms with van der Waals surface area (Å²) in [7, 11) is 16.6. The number of hydrogen-bond donors (Lipinski definition) is 0. The quantitative estimate of drug-likeness (QED) is 0.204. The number of benzene rings is 3. The molecule has 3 atom stereocenters. The third kappa shape index (κ3) is 4.62. The predicted octanol–water partition coefficient (Wildman–Crippen LogP) is 11.2. The van der Waals surface area contributed by atoms with Crippen LogP contribution in [0.15, 0.2) is 78.4 Å². The first-order valence-corrected chi connectivity index (χ1v) is 30.8. The van der Waals surface area contributed by atoms with Gasteiger partial charge < -0.3 is 0 Å². The first kappa shape index (κ1) is 28.4. The Morgan fingerprint density at radius 2 is 1.61 bits per heavy atom. The summed E-state index contributed by atoms with van der Waals surface area (Å²) in [5.41, 5.74) is 10.9. The van der Waals surface area contributed by atoms with Crippen LogP contribution in [0, 0.1) is 0 Å².